The molecule has 1 fully saturated rings. The summed E-state index contributed by atoms with van der Waals surface area (Å²) in [5.41, 5.74) is 2.41. The predicted molar refractivity (Wildman–Crippen MR) is 151 cm³/mol. The van der Waals surface area contributed by atoms with Gasteiger partial charge in [0.1, 0.15) is 10.0 Å². The normalized spacial score (nSPS) is 14.5. The van der Waals surface area contributed by atoms with Gasteiger partial charge in [0.25, 0.3) is 5.91 Å². The van der Waals surface area contributed by atoms with Crippen LogP contribution < -0.4 is 4.74 Å². The summed E-state index contributed by atoms with van der Waals surface area (Å²) in [7, 11) is 0. The minimum absolute atomic E-state index is 0.123. The van der Waals surface area contributed by atoms with E-state index in [1.54, 1.807) is 34.7 Å². The number of hydrogen-bond acceptors (Lipinski definition) is 7. The second-order valence-corrected chi connectivity index (χ2v) is 10.2. The van der Waals surface area contributed by atoms with E-state index in [0.29, 0.717) is 39.2 Å². The molecule has 0 spiro atoms. The fourth-order valence-corrected chi connectivity index (χ4v) is 5.35. The number of amides is 1. The van der Waals surface area contributed by atoms with Crippen molar-refractivity contribution in [1.29, 1.82) is 0 Å². The predicted octanol–water partition coefficient (Wildman–Crippen LogP) is 6.63. The highest BCUT2D eigenvalue weighted by Gasteiger charge is 2.32. The lowest BCUT2D eigenvalue weighted by Gasteiger charge is -2.13. The van der Waals surface area contributed by atoms with Gasteiger partial charge in [-0.25, -0.2) is 4.68 Å². The maximum Gasteiger partial charge on any atom is 0.311 e. The molecule has 2 heterocycles. The molecule has 0 N–H and O–H groups in total. The topological polar surface area (TPSA) is 90.5 Å². The van der Waals surface area contributed by atoms with Gasteiger partial charge < -0.3 is 4.74 Å². The highest BCUT2D eigenvalue weighted by Crippen LogP contribution is 2.37. The van der Waals surface area contributed by atoms with E-state index in [1.165, 1.54) is 17.8 Å². The van der Waals surface area contributed by atoms with Crippen LogP contribution in [0, 0.1) is 10.1 Å². The first-order valence-corrected chi connectivity index (χ1v) is 13.5. The summed E-state index contributed by atoms with van der Waals surface area (Å²) >= 11 is 6.77. The number of nitro groups is 1. The molecule has 8 nitrogen and oxygen atoms in total. The Hall–Kier alpha value is -3.50. The molecule has 1 aliphatic heterocycles. The molecule has 37 heavy (non-hydrogen) atoms. The summed E-state index contributed by atoms with van der Waals surface area (Å²) in [6.45, 7) is 4.84. The molecule has 0 saturated carbocycles. The first-order chi connectivity index (χ1) is 17.9. The third-order valence-corrected chi connectivity index (χ3v) is 7.27. The van der Waals surface area contributed by atoms with Crippen molar-refractivity contribution in [2.24, 2.45) is 0 Å². The zero-order chi connectivity index (χ0) is 26.4. The van der Waals surface area contributed by atoms with E-state index in [4.69, 9.17) is 22.1 Å². The molecule has 0 aliphatic carbocycles. The van der Waals surface area contributed by atoms with Crippen LogP contribution in [-0.2, 0) is 4.79 Å². The second-order valence-electron chi connectivity index (χ2n) is 8.48. The maximum atomic E-state index is 13.2. The summed E-state index contributed by atoms with van der Waals surface area (Å²) in [6.07, 6.45) is 7.80. The molecule has 2 aromatic carbocycles. The van der Waals surface area contributed by atoms with Gasteiger partial charge in [0.15, 0.2) is 5.75 Å². The van der Waals surface area contributed by atoms with Crippen LogP contribution in [-0.4, -0.2) is 43.0 Å². The van der Waals surface area contributed by atoms with E-state index < -0.39 is 4.92 Å². The number of nitro benzene ring substituents is 1. The van der Waals surface area contributed by atoms with Crippen LogP contribution in [0.1, 0.15) is 45.1 Å². The van der Waals surface area contributed by atoms with E-state index in [0.717, 1.165) is 31.4 Å². The van der Waals surface area contributed by atoms with Gasteiger partial charge in [0, 0.05) is 29.9 Å². The van der Waals surface area contributed by atoms with Crippen LogP contribution in [0.2, 0.25) is 0 Å². The third kappa shape index (κ3) is 6.08. The molecular formula is C27H28N4O4S2. The molecular weight excluding hydrogens is 508 g/mol. The summed E-state index contributed by atoms with van der Waals surface area (Å²) in [5.74, 6) is 0.0758. The first kappa shape index (κ1) is 26.6. The van der Waals surface area contributed by atoms with Gasteiger partial charge >= 0.3 is 5.69 Å². The Morgan fingerprint density at radius 3 is 2.62 bits per heavy atom. The zero-order valence-electron chi connectivity index (χ0n) is 20.8. The number of benzene rings is 2. The van der Waals surface area contributed by atoms with Crippen molar-refractivity contribution >= 4 is 46.0 Å². The Morgan fingerprint density at radius 1 is 1.14 bits per heavy atom. The van der Waals surface area contributed by atoms with E-state index in [2.05, 4.69) is 6.92 Å². The summed E-state index contributed by atoms with van der Waals surface area (Å²) < 4.78 is 7.69. The van der Waals surface area contributed by atoms with E-state index in [-0.39, 0.29) is 17.3 Å². The molecule has 4 rings (SSSR count). The number of carbonyl (C=O) groups is 1. The number of rotatable bonds is 11. The fourth-order valence-electron chi connectivity index (χ4n) is 4.05. The molecule has 1 aromatic heterocycles. The van der Waals surface area contributed by atoms with Crippen molar-refractivity contribution in [3.63, 3.8) is 0 Å². The molecule has 192 valence electrons. The first-order valence-electron chi connectivity index (χ1n) is 12.2. The number of hydrogen-bond donors (Lipinski definition) is 0. The smallest absolute Gasteiger partial charge is 0.311 e. The minimum atomic E-state index is -0.466. The Balaban J connectivity index is 1.74. The monoisotopic (exact) mass is 536 g/mol. The lowest BCUT2D eigenvalue weighted by molar-refractivity contribution is -0.385. The SMILES string of the molecule is CCCCCCN1C(=O)/C(=C\c2cn(-c3ccccc3)nc2-c2ccc(OCC)c([N+](=O)[O-])c2)SC1=S. The van der Waals surface area contributed by atoms with Gasteiger partial charge in [-0.05, 0) is 43.7 Å². The van der Waals surface area contributed by atoms with Crippen molar-refractivity contribution in [2.45, 2.75) is 39.5 Å². The quantitative estimate of drug-likeness (QED) is 0.0893. The van der Waals surface area contributed by atoms with E-state index in [9.17, 15) is 14.9 Å². The number of ether oxygens (including phenoxy) is 1. The van der Waals surface area contributed by atoms with Gasteiger partial charge in [-0.15, -0.1) is 0 Å². The van der Waals surface area contributed by atoms with Crippen LogP contribution in [0.15, 0.2) is 59.6 Å². The molecule has 1 amide bonds. The largest absolute Gasteiger partial charge is 0.487 e. The van der Waals surface area contributed by atoms with Crippen LogP contribution in [0.3, 0.4) is 0 Å². The van der Waals surface area contributed by atoms with Crippen LogP contribution >= 0.6 is 24.0 Å². The van der Waals surface area contributed by atoms with Crippen LogP contribution in [0.5, 0.6) is 5.75 Å². The average molecular weight is 537 g/mol. The molecule has 0 atom stereocenters. The lowest BCUT2D eigenvalue weighted by atomic mass is 10.1. The van der Waals surface area contributed by atoms with Gasteiger partial charge in [-0.3, -0.25) is 19.8 Å². The number of thiocarbonyl (C=S) groups is 1. The number of unbranched alkanes of at least 4 members (excludes halogenated alkanes) is 3. The molecule has 0 unspecified atom stereocenters. The summed E-state index contributed by atoms with van der Waals surface area (Å²) in [6, 6.07) is 14.3. The lowest BCUT2D eigenvalue weighted by Crippen LogP contribution is -2.29. The summed E-state index contributed by atoms with van der Waals surface area (Å²) in [4.78, 5) is 26.6. The van der Waals surface area contributed by atoms with Crippen molar-refractivity contribution in [1.82, 2.24) is 14.7 Å². The van der Waals surface area contributed by atoms with Gasteiger partial charge in [-0.1, -0.05) is 68.4 Å². The minimum Gasteiger partial charge on any atom is -0.487 e. The Kier molecular flexibility index (Phi) is 8.73. The second kappa shape index (κ2) is 12.2. The van der Waals surface area contributed by atoms with E-state index in [1.807, 2.05) is 36.5 Å². The average Bonchev–Trinajstić information content (AvgIpc) is 3.43. The number of nitrogens with zero attached hydrogens (tertiary/aromatic N) is 4. The van der Waals surface area contributed by atoms with E-state index >= 15 is 0 Å². The maximum absolute atomic E-state index is 13.2. The fraction of sp³-hybridized carbons (Fsp3) is 0.296. The zero-order valence-corrected chi connectivity index (χ0v) is 22.4. The van der Waals surface area contributed by atoms with Crippen molar-refractivity contribution in [3.05, 3.63) is 75.3 Å². The Morgan fingerprint density at radius 2 is 1.92 bits per heavy atom. The molecule has 10 heteroatoms. The Labute approximate surface area is 225 Å². The van der Waals surface area contributed by atoms with Gasteiger partial charge in [-0.2, -0.15) is 5.10 Å². The van der Waals surface area contributed by atoms with Gasteiger partial charge in [0.2, 0.25) is 0 Å². The van der Waals surface area contributed by atoms with Crippen LogP contribution in [0.4, 0.5) is 5.69 Å². The highest BCUT2D eigenvalue weighted by atomic mass is 32.2. The number of thioether (sulfide) groups is 1. The molecule has 1 aliphatic rings. The third-order valence-electron chi connectivity index (χ3n) is 5.89. The van der Waals surface area contributed by atoms with Gasteiger partial charge in [0.05, 0.1) is 22.1 Å². The number of carbonyl (C=O) groups excluding carboxylic acids is 1. The molecule has 1 saturated heterocycles. The highest BCUT2D eigenvalue weighted by molar-refractivity contribution is 8.26. The molecule has 0 bridgehead atoms. The van der Waals surface area contributed by atoms with Crippen molar-refractivity contribution < 1.29 is 14.5 Å². The Bertz CT molecular complexity index is 1340. The van der Waals surface area contributed by atoms with Crippen molar-refractivity contribution in [2.75, 3.05) is 13.2 Å². The van der Waals surface area contributed by atoms with Crippen molar-refractivity contribution in [3.8, 4) is 22.7 Å². The molecule has 0 radical (unpaired) electrons. The number of aromatic nitrogens is 2. The molecule has 3 aromatic rings. The summed E-state index contributed by atoms with van der Waals surface area (Å²) in [5, 5.41) is 16.5. The van der Waals surface area contributed by atoms with Crippen LogP contribution in [0.25, 0.3) is 23.0 Å². The standard InChI is InChI=1S/C27H28N4O4S2/c1-3-5-6-10-15-29-26(32)24(37-27(29)36)17-20-18-30(21-11-8-7-9-12-21)28-25(20)19-13-14-23(35-4-2)22(16-19)31(33)34/h7-9,11-14,16-18H,3-6,10,15H2,1-2H3/b24-17+. The number of para-hydroxylation sites is 1.